The summed E-state index contributed by atoms with van der Waals surface area (Å²) in [5.41, 5.74) is 0. The number of allylic oxidation sites excluding steroid dienone is 2. The van der Waals surface area contributed by atoms with Crippen molar-refractivity contribution in [3.8, 4) is 0 Å². The molecule has 0 unspecified atom stereocenters. The van der Waals surface area contributed by atoms with Crippen LogP contribution in [0.1, 0.15) is 33.1 Å². The molecule has 0 saturated carbocycles. The number of hydrogen-bond acceptors (Lipinski definition) is 3. The molecule has 1 aliphatic rings. The summed E-state index contributed by atoms with van der Waals surface area (Å²) < 4.78 is 4.88. The van der Waals surface area contributed by atoms with E-state index in [1.165, 1.54) is 0 Å². The van der Waals surface area contributed by atoms with Crippen molar-refractivity contribution in [3.05, 3.63) is 12.2 Å². The Kier molecular flexibility index (Phi) is 4.53. The van der Waals surface area contributed by atoms with Gasteiger partial charge in [-0.15, -0.1) is 0 Å². The smallest absolute Gasteiger partial charge is 0.306 e. The van der Waals surface area contributed by atoms with Gasteiger partial charge in [0.05, 0.1) is 13.0 Å². The first-order valence-corrected chi connectivity index (χ1v) is 5.46. The second-order valence-electron chi connectivity index (χ2n) is 3.98. The third kappa shape index (κ3) is 3.86. The highest BCUT2D eigenvalue weighted by Crippen LogP contribution is 2.26. The standard InChI is InChI=1S/C12H18O3/c1-3-15-12(14)8-10-5-4-6-11(7-10)9(2)13/h4-5,10-11H,3,6-8H2,1-2H3/t10-,11+/m0/s1. The molecule has 1 aliphatic carbocycles. The van der Waals surface area contributed by atoms with Gasteiger partial charge in [-0.05, 0) is 32.6 Å². The minimum absolute atomic E-state index is 0.0921. The molecule has 0 amide bonds. The van der Waals surface area contributed by atoms with Gasteiger partial charge in [0.25, 0.3) is 0 Å². The molecule has 3 nitrogen and oxygen atoms in total. The SMILES string of the molecule is CCOC(=O)C[C@H]1C=CC[C@@H](C(C)=O)C1. The van der Waals surface area contributed by atoms with E-state index in [1.807, 2.05) is 12.2 Å². The fourth-order valence-corrected chi connectivity index (χ4v) is 1.89. The number of ether oxygens (including phenoxy) is 1. The van der Waals surface area contributed by atoms with E-state index < -0.39 is 0 Å². The average Bonchev–Trinajstić information content (AvgIpc) is 2.18. The molecule has 0 aromatic rings. The maximum Gasteiger partial charge on any atom is 0.306 e. The monoisotopic (exact) mass is 210 g/mol. The lowest BCUT2D eigenvalue weighted by Crippen LogP contribution is -2.20. The largest absolute Gasteiger partial charge is 0.466 e. The Morgan fingerprint density at radius 1 is 1.47 bits per heavy atom. The number of rotatable bonds is 4. The summed E-state index contributed by atoms with van der Waals surface area (Å²) >= 11 is 0. The van der Waals surface area contributed by atoms with Crippen LogP contribution in [0.3, 0.4) is 0 Å². The van der Waals surface area contributed by atoms with Gasteiger partial charge in [0.2, 0.25) is 0 Å². The molecule has 3 heteroatoms. The highest BCUT2D eigenvalue weighted by molar-refractivity contribution is 5.78. The minimum atomic E-state index is -0.170. The Labute approximate surface area is 90.5 Å². The van der Waals surface area contributed by atoms with Crippen molar-refractivity contribution in [2.24, 2.45) is 11.8 Å². The Bertz CT molecular complexity index is 268. The molecule has 0 N–H and O–H groups in total. The summed E-state index contributed by atoms with van der Waals surface area (Å²) in [5.74, 6) is 0.311. The number of hydrogen-bond donors (Lipinski definition) is 0. The molecule has 0 spiro atoms. The van der Waals surface area contributed by atoms with E-state index in [0.717, 1.165) is 12.8 Å². The van der Waals surface area contributed by atoms with E-state index in [1.54, 1.807) is 13.8 Å². The summed E-state index contributed by atoms with van der Waals surface area (Å²) in [7, 11) is 0. The van der Waals surface area contributed by atoms with E-state index in [9.17, 15) is 9.59 Å². The third-order valence-electron chi connectivity index (χ3n) is 2.73. The summed E-state index contributed by atoms with van der Waals surface area (Å²) in [6, 6.07) is 0. The molecular weight excluding hydrogens is 192 g/mol. The highest BCUT2D eigenvalue weighted by Gasteiger charge is 2.23. The molecule has 2 atom stereocenters. The molecule has 0 bridgehead atoms. The zero-order valence-corrected chi connectivity index (χ0v) is 9.36. The normalized spacial score (nSPS) is 24.9. The third-order valence-corrected chi connectivity index (χ3v) is 2.73. The Hall–Kier alpha value is -1.12. The van der Waals surface area contributed by atoms with Gasteiger partial charge in [-0.2, -0.15) is 0 Å². The number of carbonyl (C=O) groups is 2. The van der Waals surface area contributed by atoms with Gasteiger partial charge in [-0.25, -0.2) is 0 Å². The van der Waals surface area contributed by atoms with Crippen LogP contribution < -0.4 is 0 Å². The van der Waals surface area contributed by atoms with Crippen LogP contribution >= 0.6 is 0 Å². The van der Waals surface area contributed by atoms with E-state index in [0.29, 0.717) is 13.0 Å². The Morgan fingerprint density at radius 3 is 2.80 bits per heavy atom. The number of carbonyl (C=O) groups excluding carboxylic acids is 2. The first-order chi connectivity index (χ1) is 7.13. The van der Waals surface area contributed by atoms with E-state index in [4.69, 9.17) is 4.74 Å². The van der Waals surface area contributed by atoms with E-state index >= 15 is 0 Å². The fraction of sp³-hybridized carbons (Fsp3) is 0.667. The first-order valence-electron chi connectivity index (χ1n) is 5.46. The second-order valence-corrected chi connectivity index (χ2v) is 3.98. The van der Waals surface area contributed by atoms with Crippen LogP contribution in [0.15, 0.2) is 12.2 Å². The van der Waals surface area contributed by atoms with Crippen LogP contribution in [0.5, 0.6) is 0 Å². The van der Waals surface area contributed by atoms with Crippen LogP contribution in [0, 0.1) is 11.8 Å². The molecule has 0 aromatic carbocycles. The van der Waals surface area contributed by atoms with Gasteiger partial charge < -0.3 is 4.74 Å². The molecule has 0 saturated heterocycles. The minimum Gasteiger partial charge on any atom is -0.466 e. The molecule has 0 aliphatic heterocycles. The van der Waals surface area contributed by atoms with Crippen molar-refractivity contribution in [1.82, 2.24) is 0 Å². The van der Waals surface area contributed by atoms with Gasteiger partial charge in [-0.3, -0.25) is 9.59 Å². The quantitative estimate of drug-likeness (QED) is 0.527. The molecule has 0 heterocycles. The number of esters is 1. The van der Waals surface area contributed by atoms with Gasteiger partial charge in [0.15, 0.2) is 0 Å². The predicted molar refractivity (Wildman–Crippen MR) is 57.3 cm³/mol. The maximum atomic E-state index is 11.2. The van der Waals surface area contributed by atoms with Crippen molar-refractivity contribution in [2.45, 2.75) is 33.1 Å². The van der Waals surface area contributed by atoms with Crippen molar-refractivity contribution < 1.29 is 14.3 Å². The Balaban J connectivity index is 2.43. The van der Waals surface area contributed by atoms with Crippen LogP contribution in [0.4, 0.5) is 0 Å². The zero-order chi connectivity index (χ0) is 11.3. The van der Waals surface area contributed by atoms with Crippen LogP contribution in [-0.4, -0.2) is 18.4 Å². The van der Waals surface area contributed by atoms with Gasteiger partial charge >= 0.3 is 5.97 Å². The molecule has 84 valence electrons. The number of Topliss-reactive ketones (excluding diaryl/α,β-unsaturated/α-hetero) is 1. The lowest BCUT2D eigenvalue weighted by molar-refractivity contribution is -0.144. The van der Waals surface area contributed by atoms with Crippen LogP contribution in [0.2, 0.25) is 0 Å². The zero-order valence-electron chi connectivity index (χ0n) is 9.36. The summed E-state index contributed by atoms with van der Waals surface area (Å²) in [4.78, 5) is 22.5. The molecule has 0 radical (unpaired) electrons. The molecule has 1 rings (SSSR count). The maximum absolute atomic E-state index is 11.2. The summed E-state index contributed by atoms with van der Waals surface area (Å²) in [6.07, 6.45) is 6.02. The summed E-state index contributed by atoms with van der Waals surface area (Å²) in [6.45, 7) is 3.84. The lowest BCUT2D eigenvalue weighted by atomic mass is 9.83. The fourth-order valence-electron chi connectivity index (χ4n) is 1.89. The van der Waals surface area contributed by atoms with Gasteiger partial charge in [-0.1, -0.05) is 12.2 Å². The second kappa shape index (κ2) is 5.69. The van der Waals surface area contributed by atoms with Crippen LogP contribution in [0.25, 0.3) is 0 Å². The predicted octanol–water partition coefficient (Wildman–Crippen LogP) is 2.11. The molecule has 15 heavy (non-hydrogen) atoms. The molecule has 0 aromatic heterocycles. The van der Waals surface area contributed by atoms with Crippen molar-refractivity contribution >= 4 is 11.8 Å². The average molecular weight is 210 g/mol. The Morgan fingerprint density at radius 2 is 2.20 bits per heavy atom. The van der Waals surface area contributed by atoms with E-state index in [-0.39, 0.29) is 23.6 Å². The molecular formula is C12H18O3. The van der Waals surface area contributed by atoms with E-state index in [2.05, 4.69) is 0 Å². The van der Waals surface area contributed by atoms with Gasteiger partial charge in [0.1, 0.15) is 5.78 Å². The van der Waals surface area contributed by atoms with Crippen molar-refractivity contribution in [1.29, 1.82) is 0 Å². The lowest BCUT2D eigenvalue weighted by Gasteiger charge is -2.21. The van der Waals surface area contributed by atoms with Crippen molar-refractivity contribution in [2.75, 3.05) is 6.61 Å². The summed E-state index contributed by atoms with van der Waals surface area (Å²) in [5, 5.41) is 0. The van der Waals surface area contributed by atoms with Crippen molar-refractivity contribution in [3.63, 3.8) is 0 Å². The topological polar surface area (TPSA) is 43.4 Å². The van der Waals surface area contributed by atoms with Gasteiger partial charge in [0, 0.05) is 5.92 Å². The molecule has 0 fully saturated rings. The van der Waals surface area contributed by atoms with Crippen LogP contribution in [-0.2, 0) is 14.3 Å². The highest BCUT2D eigenvalue weighted by atomic mass is 16.5. The first kappa shape index (κ1) is 12.0. The number of ketones is 1.